The molecule has 0 saturated heterocycles. The molecule has 2 rings (SSSR count). The molecule has 0 fully saturated rings. The van der Waals surface area contributed by atoms with E-state index in [4.69, 9.17) is 4.52 Å². The minimum Gasteiger partial charge on any atom is -0.339 e. The molecular formula is C16H23N3O. The van der Waals surface area contributed by atoms with Gasteiger partial charge in [0.05, 0.1) is 0 Å². The lowest BCUT2D eigenvalue weighted by Crippen LogP contribution is -2.27. The largest absolute Gasteiger partial charge is 0.339 e. The molecule has 0 saturated carbocycles. The van der Waals surface area contributed by atoms with Crippen molar-refractivity contribution < 1.29 is 4.52 Å². The predicted octanol–water partition coefficient (Wildman–Crippen LogP) is 2.82. The second-order valence-electron chi connectivity index (χ2n) is 5.36. The van der Waals surface area contributed by atoms with E-state index in [0.717, 1.165) is 25.2 Å². The van der Waals surface area contributed by atoms with Crippen LogP contribution in [-0.2, 0) is 12.8 Å². The number of nitrogens with zero attached hydrogens (tertiary/aromatic N) is 2. The predicted molar refractivity (Wildman–Crippen MR) is 79.9 cm³/mol. The Kier molecular flexibility index (Phi) is 4.90. The molecule has 1 aromatic heterocycles. The van der Waals surface area contributed by atoms with Gasteiger partial charge in [0, 0.05) is 18.9 Å². The molecule has 0 aliphatic rings. The van der Waals surface area contributed by atoms with Gasteiger partial charge in [0.2, 0.25) is 5.89 Å². The SMILES string of the molecule is CCNC(C)Cc1nc(Cc2ccc(C)c(C)c2)no1. The van der Waals surface area contributed by atoms with Crippen LogP contribution >= 0.6 is 0 Å². The molecule has 0 bridgehead atoms. The zero-order chi connectivity index (χ0) is 14.5. The molecule has 4 heteroatoms. The normalized spacial score (nSPS) is 12.6. The number of hydrogen-bond donors (Lipinski definition) is 1. The molecule has 108 valence electrons. The van der Waals surface area contributed by atoms with E-state index >= 15 is 0 Å². The van der Waals surface area contributed by atoms with E-state index < -0.39 is 0 Å². The summed E-state index contributed by atoms with van der Waals surface area (Å²) in [5.41, 5.74) is 3.83. The number of likely N-dealkylation sites (N-methyl/N-ethyl adjacent to an activating group) is 1. The van der Waals surface area contributed by atoms with Crippen LogP contribution in [0.5, 0.6) is 0 Å². The highest BCUT2D eigenvalue weighted by Gasteiger charge is 2.10. The summed E-state index contributed by atoms with van der Waals surface area (Å²) in [6.45, 7) is 9.41. The van der Waals surface area contributed by atoms with E-state index in [2.05, 4.69) is 61.4 Å². The summed E-state index contributed by atoms with van der Waals surface area (Å²) in [6, 6.07) is 6.81. The van der Waals surface area contributed by atoms with Crippen LogP contribution in [0.15, 0.2) is 22.7 Å². The van der Waals surface area contributed by atoms with Crippen molar-refractivity contribution in [2.24, 2.45) is 0 Å². The molecule has 0 amide bonds. The van der Waals surface area contributed by atoms with Crippen molar-refractivity contribution in [3.63, 3.8) is 0 Å². The smallest absolute Gasteiger partial charge is 0.228 e. The van der Waals surface area contributed by atoms with Crippen molar-refractivity contribution in [1.29, 1.82) is 0 Å². The van der Waals surface area contributed by atoms with E-state index in [1.54, 1.807) is 0 Å². The van der Waals surface area contributed by atoms with Crippen LogP contribution in [-0.4, -0.2) is 22.7 Å². The molecule has 1 aromatic carbocycles. The van der Waals surface area contributed by atoms with Crippen LogP contribution in [0.4, 0.5) is 0 Å². The molecule has 0 spiro atoms. The van der Waals surface area contributed by atoms with Gasteiger partial charge in [-0.2, -0.15) is 4.98 Å². The van der Waals surface area contributed by atoms with Crippen molar-refractivity contribution in [2.75, 3.05) is 6.54 Å². The Bertz CT molecular complexity index is 563. The van der Waals surface area contributed by atoms with Crippen LogP contribution in [0.1, 0.15) is 42.3 Å². The van der Waals surface area contributed by atoms with Crippen LogP contribution in [0.25, 0.3) is 0 Å². The van der Waals surface area contributed by atoms with E-state index in [9.17, 15) is 0 Å². The molecule has 2 aromatic rings. The number of benzene rings is 1. The zero-order valence-corrected chi connectivity index (χ0v) is 12.7. The van der Waals surface area contributed by atoms with Gasteiger partial charge in [0.1, 0.15) is 0 Å². The molecule has 1 unspecified atom stereocenters. The van der Waals surface area contributed by atoms with Crippen LogP contribution in [0.2, 0.25) is 0 Å². The average molecular weight is 273 g/mol. The minimum atomic E-state index is 0.356. The highest BCUT2D eigenvalue weighted by molar-refractivity contribution is 5.31. The maximum absolute atomic E-state index is 5.31. The lowest BCUT2D eigenvalue weighted by atomic mass is 10.0. The van der Waals surface area contributed by atoms with Crippen LogP contribution in [0.3, 0.4) is 0 Å². The fraction of sp³-hybridized carbons (Fsp3) is 0.500. The fourth-order valence-electron chi connectivity index (χ4n) is 2.22. The maximum atomic E-state index is 5.31. The first-order chi connectivity index (χ1) is 9.58. The minimum absolute atomic E-state index is 0.356. The third kappa shape index (κ3) is 3.90. The zero-order valence-electron chi connectivity index (χ0n) is 12.7. The summed E-state index contributed by atoms with van der Waals surface area (Å²) in [6.07, 6.45) is 1.49. The van der Waals surface area contributed by atoms with Gasteiger partial charge < -0.3 is 9.84 Å². The molecule has 1 atom stereocenters. The van der Waals surface area contributed by atoms with Gasteiger partial charge in [-0.15, -0.1) is 0 Å². The first-order valence-electron chi connectivity index (χ1n) is 7.19. The number of aromatic nitrogens is 2. The highest BCUT2D eigenvalue weighted by atomic mass is 16.5. The molecule has 1 heterocycles. The fourth-order valence-corrected chi connectivity index (χ4v) is 2.22. The van der Waals surface area contributed by atoms with Crippen LogP contribution < -0.4 is 5.32 Å². The number of aryl methyl sites for hydroxylation is 2. The quantitative estimate of drug-likeness (QED) is 0.879. The number of hydrogen-bond acceptors (Lipinski definition) is 4. The Morgan fingerprint density at radius 2 is 2.05 bits per heavy atom. The summed E-state index contributed by atoms with van der Waals surface area (Å²) in [5, 5.41) is 7.40. The summed E-state index contributed by atoms with van der Waals surface area (Å²) in [4.78, 5) is 4.46. The standard InChI is InChI=1S/C16H23N3O/c1-5-17-13(4)9-16-18-15(19-20-16)10-14-7-6-11(2)12(3)8-14/h6-8,13,17H,5,9-10H2,1-4H3. The van der Waals surface area contributed by atoms with Crippen molar-refractivity contribution in [3.05, 3.63) is 46.6 Å². The lowest BCUT2D eigenvalue weighted by molar-refractivity contribution is 0.359. The summed E-state index contributed by atoms with van der Waals surface area (Å²) in [5.74, 6) is 1.46. The Morgan fingerprint density at radius 1 is 1.25 bits per heavy atom. The van der Waals surface area contributed by atoms with Gasteiger partial charge in [-0.25, -0.2) is 0 Å². The Hall–Kier alpha value is -1.68. The second-order valence-corrected chi connectivity index (χ2v) is 5.36. The van der Waals surface area contributed by atoms with E-state index in [0.29, 0.717) is 11.9 Å². The molecule has 4 nitrogen and oxygen atoms in total. The maximum Gasteiger partial charge on any atom is 0.228 e. The van der Waals surface area contributed by atoms with E-state index in [1.165, 1.54) is 16.7 Å². The van der Waals surface area contributed by atoms with Crippen LogP contribution in [0, 0.1) is 13.8 Å². The lowest BCUT2D eigenvalue weighted by Gasteiger charge is -2.07. The molecular weight excluding hydrogens is 250 g/mol. The first-order valence-corrected chi connectivity index (χ1v) is 7.19. The van der Waals surface area contributed by atoms with Crippen molar-refractivity contribution in [1.82, 2.24) is 15.5 Å². The summed E-state index contributed by atoms with van der Waals surface area (Å²) in [7, 11) is 0. The van der Waals surface area contributed by atoms with Gasteiger partial charge in [0.25, 0.3) is 0 Å². The van der Waals surface area contributed by atoms with Crippen molar-refractivity contribution in [3.8, 4) is 0 Å². The third-order valence-electron chi connectivity index (χ3n) is 3.48. The first kappa shape index (κ1) is 14.7. The Morgan fingerprint density at radius 3 is 2.75 bits per heavy atom. The van der Waals surface area contributed by atoms with E-state index in [-0.39, 0.29) is 0 Å². The van der Waals surface area contributed by atoms with Gasteiger partial charge in [-0.1, -0.05) is 30.3 Å². The topological polar surface area (TPSA) is 51.0 Å². The molecule has 1 N–H and O–H groups in total. The summed E-state index contributed by atoms with van der Waals surface area (Å²) >= 11 is 0. The number of rotatable bonds is 6. The molecule has 0 aliphatic heterocycles. The average Bonchev–Trinajstić information content (AvgIpc) is 2.81. The van der Waals surface area contributed by atoms with Crippen molar-refractivity contribution >= 4 is 0 Å². The second kappa shape index (κ2) is 6.66. The third-order valence-corrected chi connectivity index (χ3v) is 3.48. The molecule has 0 aliphatic carbocycles. The Labute approximate surface area is 120 Å². The monoisotopic (exact) mass is 273 g/mol. The van der Waals surface area contributed by atoms with Gasteiger partial charge >= 0.3 is 0 Å². The van der Waals surface area contributed by atoms with Gasteiger partial charge in [-0.05, 0) is 44.0 Å². The Balaban J connectivity index is 2.00. The van der Waals surface area contributed by atoms with Gasteiger partial charge in [0.15, 0.2) is 5.82 Å². The van der Waals surface area contributed by atoms with Crippen molar-refractivity contribution in [2.45, 2.75) is 46.6 Å². The molecule has 0 radical (unpaired) electrons. The number of nitrogens with one attached hydrogen (secondary N) is 1. The highest BCUT2D eigenvalue weighted by Crippen LogP contribution is 2.13. The molecule has 20 heavy (non-hydrogen) atoms. The van der Waals surface area contributed by atoms with Gasteiger partial charge in [-0.3, -0.25) is 0 Å². The van der Waals surface area contributed by atoms with E-state index in [1.807, 2.05) is 0 Å². The summed E-state index contributed by atoms with van der Waals surface area (Å²) < 4.78 is 5.31.